The smallest absolute Gasteiger partial charge is 0.353 e. The van der Waals surface area contributed by atoms with Crippen LogP contribution in [0.2, 0.25) is 10.0 Å². The normalized spacial score (nSPS) is 16.4. The highest BCUT2D eigenvalue weighted by Crippen LogP contribution is 2.35. The van der Waals surface area contributed by atoms with E-state index in [-0.39, 0.29) is 42.8 Å². The van der Waals surface area contributed by atoms with Crippen LogP contribution in [0.25, 0.3) is 0 Å². The van der Waals surface area contributed by atoms with E-state index in [9.17, 15) is 21.6 Å². The van der Waals surface area contributed by atoms with E-state index in [0.717, 1.165) is 6.07 Å². The first-order valence-electron chi connectivity index (χ1n) is 8.27. The number of hydrogen-bond donors (Lipinski definition) is 0. The highest BCUT2D eigenvalue weighted by molar-refractivity contribution is 7.88. The van der Waals surface area contributed by atoms with Crippen LogP contribution in [0.15, 0.2) is 36.5 Å². The van der Waals surface area contributed by atoms with Crippen molar-refractivity contribution in [2.75, 3.05) is 31.1 Å². The van der Waals surface area contributed by atoms with E-state index < -0.39 is 21.8 Å². The van der Waals surface area contributed by atoms with Crippen LogP contribution in [0, 0.1) is 0 Å². The summed E-state index contributed by atoms with van der Waals surface area (Å²) in [4.78, 5) is 5.30. The van der Waals surface area contributed by atoms with Crippen molar-refractivity contribution < 1.29 is 21.6 Å². The van der Waals surface area contributed by atoms with Gasteiger partial charge in [0.1, 0.15) is 5.82 Å². The Balaban J connectivity index is 1.71. The monoisotopic (exact) mass is 453 g/mol. The predicted molar refractivity (Wildman–Crippen MR) is 102 cm³/mol. The molecule has 152 valence electrons. The second-order valence-electron chi connectivity index (χ2n) is 6.26. The minimum atomic E-state index is -4.53. The molecule has 2 aromatic rings. The predicted octanol–water partition coefficient (Wildman–Crippen LogP) is 4.06. The molecular weight excluding hydrogens is 438 g/mol. The third-order valence-electron chi connectivity index (χ3n) is 4.36. The summed E-state index contributed by atoms with van der Waals surface area (Å²) in [7, 11) is -3.65. The molecular formula is C17H16Cl2F3N3O2S. The Hall–Kier alpha value is -1.55. The number of pyridine rings is 1. The first-order valence-corrected chi connectivity index (χ1v) is 10.6. The van der Waals surface area contributed by atoms with E-state index in [2.05, 4.69) is 4.98 Å². The molecule has 0 aliphatic carbocycles. The van der Waals surface area contributed by atoms with Gasteiger partial charge in [-0.15, -0.1) is 0 Å². The topological polar surface area (TPSA) is 53.5 Å². The van der Waals surface area contributed by atoms with Gasteiger partial charge in [-0.2, -0.15) is 17.5 Å². The maximum absolute atomic E-state index is 13.2. The Morgan fingerprint density at radius 1 is 1.04 bits per heavy atom. The van der Waals surface area contributed by atoms with Crippen molar-refractivity contribution in [1.82, 2.24) is 9.29 Å². The number of hydrogen-bond acceptors (Lipinski definition) is 4. The van der Waals surface area contributed by atoms with Gasteiger partial charge in [0, 0.05) is 32.4 Å². The number of aromatic nitrogens is 1. The van der Waals surface area contributed by atoms with E-state index in [0.29, 0.717) is 10.6 Å². The lowest BCUT2D eigenvalue weighted by Gasteiger charge is -2.35. The minimum Gasteiger partial charge on any atom is -0.353 e. The molecule has 1 aliphatic heterocycles. The van der Waals surface area contributed by atoms with Crippen LogP contribution < -0.4 is 4.90 Å². The second kappa shape index (κ2) is 8.06. The number of piperazine rings is 1. The molecule has 3 rings (SSSR count). The number of halogens is 5. The summed E-state index contributed by atoms with van der Waals surface area (Å²) in [5.74, 6) is -0.446. The van der Waals surface area contributed by atoms with Gasteiger partial charge in [-0.05, 0) is 29.8 Å². The van der Waals surface area contributed by atoms with Crippen molar-refractivity contribution in [3.63, 3.8) is 0 Å². The number of nitrogens with zero attached hydrogens (tertiary/aromatic N) is 3. The van der Waals surface area contributed by atoms with Crippen molar-refractivity contribution >= 4 is 39.0 Å². The standard InChI is InChI=1S/C17H16Cl2F3N3O2S/c18-14-4-3-12(10-15(14)19)11-28(26,27)25-8-6-24(7-9-25)16-13(17(20,21)22)2-1-5-23-16/h1-5,10H,6-9,11H2. The Labute approximate surface area is 170 Å². The van der Waals surface area contributed by atoms with Gasteiger partial charge in [0.2, 0.25) is 10.0 Å². The van der Waals surface area contributed by atoms with Gasteiger partial charge in [0.05, 0.1) is 21.4 Å². The quantitative estimate of drug-likeness (QED) is 0.700. The number of anilines is 1. The summed E-state index contributed by atoms with van der Waals surface area (Å²) in [5.41, 5.74) is -0.344. The Morgan fingerprint density at radius 3 is 2.32 bits per heavy atom. The van der Waals surface area contributed by atoms with Crippen LogP contribution in [-0.4, -0.2) is 43.9 Å². The van der Waals surface area contributed by atoms with Gasteiger partial charge >= 0.3 is 6.18 Å². The molecule has 1 aliphatic rings. The lowest BCUT2D eigenvalue weighted by molar-refractivity contribution is -0.137. The average Bonchev–Trinajstić information content (AvgIpc) is 2.64. The van der Waals surface area contributed by atoms with Crippen LogP contribution in [0.4, 0.5) is 19.0 Å². The number of benzene rings is 1. The molecule has 0 saturated carbocycles. The van der Waals surface area contributed by atoms with E-state index in [1.165, 1.54) is 33.6 Å². The molecule has 1 saturated heterocycles. The molecule has 0 radical (unpaired) electrons. The molecule has 0 spiro atoms. The van der Waals surface area contributed by atoms with Crippen LogP contribution in [-0.2, 0) is 22.0 Å². The van der Waals surface area contributed by atoms with Crippen LogP contribution in [0.1, 0.15) is 11.1 Å². The molecule has 11 heteroatoms. The minimum absolute atomic E-state index is 0.0670. The van der Waals surface area contributed by atoms with Crippen LogP contribution in [0.5, 0.6) is 0 Å². The van der Waals surface area contributed by atoms with Gasteiger partial charge < -0.3 is 4.90 Å². The Bertz CT molecular complexity index is 962. The Morgan fingerprint density at radius 2 is 1.71 bits per heavy atom. The molecule has 0 atom stereocenters. The molecule has 0 unspecified atom stereocenters. The number of sulfonamides is 1. The van der Waals surface area contributed by atoms with Gasteiger partial charge in [-0.25, -0.2) is 13.4 Å². The molecule has 1 aromatic heterocycles. The maximum atomic E-state index is 13.2. The molecule has 1 aromatic carbocycles. The fourth-order valence-corrected chi connectivity index (χ4v) is 4.80. The lowest BCUT2D eigenvalue weighted by atomic mass is 10.2. The van der Waals surface area contributed by atoms with Gasteiger partial charge in [0.25, 0.3) is 0 Å². The van der Waals surface area contributed by atoms with E-state index in [4.69, 9.17) is 23.2 Å². The average molecular weight is 454 g/mol. The molecule has 2 heterocycles. The summed E-state index contributed by atoms with van der Waals surface area (Å²) >= 11 is 11.8. The third kappa shape index (κ3) is 4.71. The highest BCUT2D eigenvalue weighted by atomic mass is 35.5. The lowest BCUT2D eigenvalue weighted by Crippen LogP contribution is -2.49. The molecule has 0 N–H and O–H groups in total. The van der Waals surface area contributed by atoms with Crippen LogP contribution in [0.3, 0.4) is 0 Å². The maximum Gasteiger partial charge on any atom is 0.419 e. The summed E-state index contributed by atoms with van der Waals surface area (Å²) in [6.45, 7) is 0.358. The van der Waals surface area contributed by atoms with Crippen molar-refractivity contribution in [2.45, 2.75) is 11.9 Å². The van der Waals surface area contributed by atoms with Crippen molar-refractivity contribution in [1.29, 1.82) is 0 Å². The van der Waals surface area contributed by atoms with Crippen molar-refractivity contribution in [3.05, 3.63) is 57.7 Å². The van der Waals surface area contributed by atoms with Crippen LogP contribution >= 0.6 is 23.2 Å². The van der Waals surface area contributed by atoms with Crippen molar-refractivity contribution in [3.8, 4) is 0 Å². The van der Waals surface area contributed by atoms with E-state index in [1.54, 1.807) is 6.07 Å². The summed E-state index contributed by atoms with van der Waals surface area (Å²) in [6.07, 6.45) is -3.24. The zero-order valence-electron chi connectivity index (χ0n) is 14.5. The second-order valence-corrected chi connectivity index (χ2v) is 9.05. The largest absolute Gasteiger partial charge is 0.419 e. The summed E-state index contributed by atoms with van der Waals surface area (Å²) in [5, 5.41) is 0.585. The molecule has 28 heavy (non-hydrogen) atoms. The summed E-state index contributed by atoms with van der Waals surface area (Å²) < 4.78 is 66.1. The fraction of sp³-hybridized carbons (Fsp3) is 0.353. The van der Waals surface area contributed by atoms with E-state index in [1.807, 2.05) is 0 Å². The van der Waals surface area contributed by atoms with Crippen molar-refractivity contribution in [2.24, 2.45) is 0 Å². The molecule has 0 bridgehead atoms. The summed E-state index contributed by atoms with van der Waals surface area (Å²) in [6, 6.07) is 6.78. The molecule has 5 nitrogen and oxygen atoms in total. The number of rotatable bonds is 4. The zero-order chi connectivity index (χ0) is 20.5. The zero-order valence-corrected chi connectivity index (χ0v) is 16.8. The molecule has 0 amide bonds. The van der Waals surface area contributed by atoms with E-state index >= 15 is 0 Å². The Kier molecular flexibility index (Phi) is 6.09. The van der Waals surface area contributed by atoms with Gasteiger partial charge in [0.15, 0.2) is 0 Å². The third-order valence-corrected chi connectivity index (χ3v) is 6.95. The SMILES string of the molecule is O=S(=O)(Cc1ccc(Cl)c(Cl)c1)N1CCN(c2ncccc2C(F)(F)F)CC1. The fourth-order valence-electron chi connectivity index (χ4n) is 2.98. The van der Waals surface area contributed by atoms with Gasteiger partial charge in [-0.3, -0.25) is 0 Å². The molecule has 1 fully saturated rings. The number of alkyl halides is 3. The first-order chi connectivity index (χ1) is 13.1. The van der Waals surface area contributed by atoms with Gasteiger partial charge in [-0.1, -0.05) is 29.3 Å². The highest BCUT2D eigenvalue weighted by Gasteiger charge is 2.37. The first kappa shape index (κ1) is 21.2.